The van der Waals surface area contributed by atoms with Crippen molar-refractivity contribution in [2.75, 3.05) is 17.3 Å². The summed E-state index contributed by atoms with van der Waals surface area (Å²) >= 11 is 3.00. The second-order valence-corrected chi connectivity index (χ2v) is 12.1. The quantitative estimate of drug-likeness (QED) is 0.388. The first kappa shape index (κ1) is 21.3. The normalized spacial score (nSPS) is 18.0. The number of rotatable bonds is 6. The zero-order valence-electron chi connectivity index (χ0n) is 17.2. The molecule has 5 nitrogen and oxygen atoms in total. The zero-order valence-corrected chi connectivity index (χ0v) is 19.7. The number of benzene rings is 1. The number of hydrogen-bond donors (Lipinski definition) is 0. The predicted octanol–water partition coefficient (Wildman–Crippen LogP) is 4.87. The molecule has 1 fully saturated rings. The molecular formula is C22H24N2O3S3. The number of hydrogen-bond acceptors (Lipinski definition) is 6. The van der Waals surface area contributed by atoms with E-state index in [-0.39, 0.29) is 23.3 Å². The van der Waals surface area contributed by atoms with Gasteiger partial charge in [-0.25, -0.2) is 13.4 Å². The Bertz CT molecular complexity index is 1190. The van der Waals surface area contributed by atoms with Crippen molar-refractivity contribution in [1.82, 2.24) is 9.55 Å². The Balaban J connectivity index is 1.45. The van der Waals surface area contributed by atoms with Gasteiger partial charge in [0.1, 0.15) is 0 Å². The summed E-state index contributed by atoms with van der Waals surface area (Å²) in [4.78, 5) is 17.5. The van der Waals surface area contributed by atoms with E-state index < -0.39 is 9.84 Å². The molecule has 1 aliphatic heterocycles. The Morgan fingerprint density at radius 1 is 1.23 bits per heavy atom. The number of carbonyl (C=O) groups excluding carboxylic acids is 1. The van der Waals surface area contributed by atoms with E-state index in [9.17, 15) is 13.2 Å². The molecule has 2 aromatic heterocycles. The summed E-state index contributed by atoms with van der Waals surface area (Å²) in [5.41, 5.74) is 5.70. The number of nitrogens with zero attached hydrogens (tertiary/aromatic N) is 2. The van der Waals surface area contributed by atoms with Gasteiger partial charge in [0.15, 0.2) is 20.0 Å². The Morgan fingerprint density at radius 3 is 2.63 bits per heavy atom. The molecule has 0 spiro atoms. The molecule has 0 N–H and O–H groups in total. The molecule has 3 heterocycles. The lowest BCUT2D eigenvalue weighted by Gasteiger charge is -2.16. The maximum Gasteiger partial charge on any atom is 0.174 e. The summed E-state index contributed by atoms with van der Waals surface area (Å²) in [6, 6.07) is 10.1. The minimum Gasteiger partial charge on any atom is -0.344 e. The first-order valence-electron chi connectivity index (χ1n) is 9.81. The number of sulfone groups is 1. The molecule has 8 heteroatoms. The van der Waals surface area contributed by atoms with Gasteiger partial charge in [-0.15, -0.1) is 11.3 Å². The van der Waals surface area contributed by atoms with Crippen molar-refractivity contribution in [1.29, 1.82) is 0 Å². The third kappa shape index (κ3) is 4.40. The molecule has 1 saturated heterocycles. The smallest absolute Gasteiger partial charge is 0.174 e. The fraction of sp³-hybridized carbons (Fsp3) is 0.364. The minimum atomic E-state index is -2.97. The molecule has 4 rings (SSSR count). The van der Waals surface area contributed by atoms with Crippen LogP contribution in [0.1, 0.15) is 39.8 Å². The predicted molar refractivity (Wildman–Crippen MR) is 124 cm³/mol. The lowest BCUT2D eigenvalue weighted by molar-refractivity contribution is 0.102. The van der Waals surface area contributed by atoms with Gasteiger partial charge in [0.05, 0.1) is 23.0 Å². The van der Waals surface area contributed by atoms with Gasteiger partial charge in [-0.05, 0) is 33.3 Å². The topological polar surface area (TPSA) is 69.0 Å². The Hall–Kier alpha value is -1.90. The molecule has 3 aromatic rings. The second kappa shape index (κ2) is 8.32. The van der Waals surface area contributed by atoms with Crippen LogP contribution in [0.2, 0.25) is 0 Å². The van der Waals surface area contributed by atoms with Crippen molar-refractivity contribution in [3.05, 3.63) is 58.2 Å². The van der Waals surface area contributed by atoms with Crippen LogP contribution in [0.3, 0.4) is 0 Å². The van der Waals surface area contributed by atoms with Crippen LogP contribution in [0.25, 0.3) is 11.3 Å². The summed E-state index contributed by atoms with van der Waals surface area (Å²) < 4.78 is 26.6. The summed E-state index contributed by atoms with van der Waals surface area (Å²) in [6.07, 6.45) is 0.613. The highest BCUT2D eigenvalue weighted by molar-refractivity contribution is 8.01. The third-order valence-electron chi connectivity index (χ3n) is 5.52. The van der Waals surface area contributed by atoms with Crippen LogP contribution in [-0.2, 0) is 9.84 Å². The maximum atomic E-state index is 12.9. The highest BCUT2D eigenvalue weighted by Crippen LogP contribution is 2.32. The fourth-order valence-electron chi connectivity index (χ4n) is 3.99. The Kier molecular flexibility index (Phi) is 5.92. The van der Waals surface area contributed by atoms with Crippen LogP contribution in [-0.4, -0.2) is 41.0 Å². The molecule has 1 atom stereocenters. The minimum absolute atomic E-state index is 0.0484. The molecule has 0 saturated carbocycles. The Morgan fingerprint density at radius 2 is 1.97 bits per heavy atom. The number of Topliss-reactive ketones (excluding diaryl/α,β-unsaturated/α-hetero) is 1. The number of aryl methyl sites for hydroxylation is 2. The molecule has 30 heavy (non-hydrogen) atoms. The van der Waals surface area contributed by atoms with Gasteiger partial charge in [-0.1, -0.05) is 41.6 Å². The van der Waals surface area contributed by atoms with Crippen molar-refractivity contribution >= 4 is 38.7 Å². The highest BCUT2D eigenvalue weighted by Gasteiger charge is 2.31. The van der Waals surface area contributed by atoms with Gasteiger partial charge in [0.25, 0.3) is 0 Å². The largest absolute Gasteiger partial charge is 0.344 e. The van der Waals surface area contributed by atoms with E-state index in [4.69, 9.17) is 0 Å². The van der Waals surface area contributed by atoms with Gasteiger partial charge in [-0.3, -0.25) is 4.79 Å². The standard InChI is InChI=1S/C22H24N2O3S3/c1-14-4-6-17(7-5-14)20-11-28-22(23-20)29-12-21(25)19-10-15(2)24(16(19)3)18-8-9-30(26,27)13-18/h4-7,10-11,18H,8-9,12-13H2,1-3H3. The van der Waals surface area contributed by atoms with Gasteiger partial charge in [0, 0.05) is 33.9 Å². The second-order valence-electron chi connectivity index (χ2n) is 7.79. The maximum absolute atomic E-state index is 12.9. The SMILES string of the molecule is Cc1ccc(-c2csc(SCC(=O)c3cc(C)n(C4CCS(=O)(=O)C4)c3C)n2)cc1. The van der Waals surface area contributed by atoms with E-state index in [1.54, 1.807) is 11.3 Å². The number of thioether (sulfide) groups is 1. The molecule has 1 unspecified atom stereocenters. The summed E-state index contributed by atoms with van der Waals surface area (Å²) in [5, 5.41) is 2.02. The lowest BCUT2D eigenvalue weighted by atomic mass is 10.1. The Labute approximate surface area is 185 Å². The van der Waals surface area contributed by atoms with Gasteiger partial charge < -0.3 is 4.57 Å². The van der Waals surface area contributed by atoms with Crippen LogP contribution < -0.4 is 0 Å². The van der Waals surface area contributed by atoms with Crippen LogP contribution in [0, 0.1) is 20.8 Å². The van der Waals surface area contributed by atoms with Crippen molar-refractivity contribution in [2.45, 2.75) is 37.6 Å². The molecule has 0 amide bonds. The van der Waals surface area contributed by atoms with Gasteiger partial charge in [0.2, 0.25) is 0 Å². The average molecular weight is 461 g/mol. The number of carbonyl (C=O) groups is 1. The van der Waals surface area contributed by atoms with Crippen molar-refractivity contribution in [2.24, 2.45) is 0 Å². The third-order valence-corrected chi connectivity index (χ3v) is 9.29. The van der Waals surface area contributed by atoms with E-state index >= 15 is 0 Å². The van der Waals surface area contributed by atoms with Crippen LogP contribution in [0.4, 0.5) is 0 Å². The van der Waals surface area contributed by atoms with E-state index in [0.717, 1.165) is 27.0 Å². The van der Waals surface area contributed by atoms with E-state index in [1.807, 2.05) is 29.9 Å². The zero-order chi connectivity index (χ0) is 21.5. The van der Waals surface area contributed by atoms with Crippen LogP contribution in [0.15, 0.2) is 40.1 Å². The van der Waals surface area contributed by atoms with E-state index in [1.165, 1.54) is 17.3 Å². The molecule has 0 aliphatic carbocycles. The van der Waals surface area contributed by atoms with Gasteiger partial charge in [-0.2, -0.15) is 0 Å². The molecule has 1 aliphatic rings. The van der Waals surface area contributed by atoms with Crippen molar-refractivity contribution < 1.29 is 13.2 Å². The monoisotopic (exact) mass is 460 g/mol. The molecule has 0 bridgehead atoms. The van der Waals surface area contributed by atoms with Crippen LogP contribution >= 0.6 is 23.1 Å². The highest BCUT2D eigenvalue weighted by atomic mass is 32.2. The van der Waals surface area contributed by atoms with E-state index in [2.05, 4.69) is 36.2 Å². The first-order chi connectivity index (χ1) is 14.2. The van der Waals surface area contributed by atoms with Crippen molar-refractivity contribution in [3.63, 3.8) is 0 Å². The number of aromatic nitrogens is 2. The fourth-order valence-corrected chi connectivity index (χ4v) is 7.40. The number of ketones is 1. The first-order valence-corrected chi connectivity index (χ1v) is 13.5. The number of thiazole rings is 1. The molecule has 0 radical (unpaired) electrons. The molecule has 158 valence electrons. The van der Waals surface area contributed by atoms with Crippen LogP contribution in [0.5, 0.6) is 0 Å². The molecular weight excluding hydrogens is 436 g/mol. The summed E-state index contributed by atoms with van der Waals surface area (Å²) in [6.45, 7) is 5.91. The summed E-state index contributed by atoms with van der Waals surface area (Å²) in [5.74, 6) is 0.745. The summed E-state index contributed by atoms with van der Waals surface area (Å²) in [7, 11) is -2.97. The van der Waals surface area contributed by atoms with Crippen molar-refractivity contribution in [3.8, 4) is 11.3 Å². The van der Waals surface area contributed by atoms with E-state index in [0.29, 0.717) is 17.7 Å². The van der Waals surface area contributed by atoms with Gasteiger partial charge >= 0.3 is 0 Å². The lowest BCUT2D eigenvalue weighted by Crippen LogP contribution is -2.14. The molecule has 1 aromatic carbocycles. The average Bonchev–Trinajstić information content (AvgIpc) is 3.38.